The summed E-state index contributed by atoms with van der Waals surface area (Å²) in [6.45, 7) is 4.04. The SMILES string of the molecule is CC(C)(N)[C@]1(c2ccc(F)cc2)CC[C@@H](O)CC1. The molecule has 1 aromatic carbocycles. The number of nitrogens with two attached hydrogens (primary N) is 1. The highest BCUT2D eigenvalue weighted by atomic mass is 19.1. The first kappa shape index (κ1) is 13.5. The van der Waals surface area contributed by atoms with Crippen LogP contribution in [0.3, 0.4) is 0 Å². The van der Waals surface area contributed by atoms with Gasteiger partial charge in [0.25, 0.3) is 0 Å². The van der Waals surface area contributed by atoms with Crippen LogP contribution in [0.5, 0.6) is 0 Å². The molecule has 0 spiro atoms. The number of aliphatic hydroxyl groups excluding tert-OH is 1. The third-order valence-corrected chi connectivity index (χ3v) is 4.44. The average Bonchev–Trinajstić information content (AvgIpc) is 2.30. The van der Waals surface area contributed by atoms with Crippen LogP contribution in [0.1, 0.15) is 45.1 Å². The molecule has 0 unspecified atom stereocenters. The number of halogens is 1. The monoisotopic (exact) mass is 251 g/mol. The minimum atomic E-state index is -0.384. The van der Waals surface area contributed by atoms with Gasteiger partial charge in [0.2, 0.25) is 0 Å². The minimum Gasteiger partial charge on any atom is -0.393 e. The predicted molar refractivity (Wildman–Crippen MR) is 70.8 cm³/mol. The maximum absolute atomic E-state index is 13.1. The van der Waals surface area contributed by atoms with Gasteiger partial charge >= 0.3 is 0 Å². The molecule has 18 heavy (non-hydrogen) atoms. The number of hydrogen-bond donors (Lipinski definition) is 2. The van der Waals surface area contributed by atoms with Crippen molar-refractivity contribution in [1.82, 2.24) is 0 Å². The fourth-order valence-electron chi connectivity index (χ4n) is 3.17. The van der Waals surface area contributed by atoms with Crippen LogP contribution in [-0.2, 0) is 5.41 Å². The summed E-state index contributed by atoms with van der Waals surface area (Å²) in [6, 6.07) is 6.66. The van der Waals surface area contributed by atoms with Crippen molar-refractivity contribution >= 4 is 0 Å². The van der Waals surface area contributed by atoms with Crippen LogP contribution in [-0.4, -0.2) is 16.7 Å². The van der Waals surface area contributed by atoms with E-state index in [0.717, 1.165) is 31.2 Å². The first-order valence-electron chi connectivity index (χ1n) is 6.58. The summed E-state index contributed by atoms with van der Waals surface area (Å²) in [6.07, 6.45) is 3.00. The van der Waals surface area contributed by atoms with E-state index in [1.807, 2.05) is 26.0 Å². The smallest absolute Gasteiger partial charge is 0.123 e. The van der Waals surface area contributed by atoms with Crippen LogP contribution in [0.15, 0.2) is 24.3 Å². The molecule has 2 nitrogen and oxygen atoms in total. The maximum atomic E-state index is 13.1. The molecule has 0 bridgehead atoms. The average molecular weight is 251 g/mol. The fourth-order valence-corrected chi connectivity index (χ4v) is 3.17. The summed E-state index contributed by atoms with van der Waals surface area (Å²) < 4.78 is 13.1. The number of aliphatic hydroxyl groups is 1. The zero-order chi connectivity index (χ0) is 13.4. The minimum absolute atomic E-state index is 0.167. The standard InChI is InChI=1S/C15H22FNO/c1-14(2,17)15(9-7-13(18)8-10-15)11-3-5-12(16)6-4-11/h3-6,13,18H,7-10,17H2,1-2H3/t13-,15-. The van der Waals surface area contributed by atoms with Crippen molar-refractivity contribution in [2.45, 2.75) is 56.6 Å². The lowest BCUT2D eigenvalue weighted by Crippen LogP contribution is -2.56. The van der Waals surface area contributed by atoms with Crippen LogP contribution >= 0.6 is 0 Å². The molecule has 0 aromatic heterocycles. The van der Waals surface area contributed by atoms with Gasteiger partial charge in [-0.05, 0) is 57.2 Å². The Balaban J connectivity index is 2.40. The van der Waals surface area contributed by atoms with Crippen molar-refractivity contribution in [3.8, 4) is 0 Å². The molecular formula is C15H22FNO. The Morgan fingerprint density at radius 1 is 1.22 bits per heavy atom. The first-order valence-corrected chi connectivity index (χ1v) is 6.58. The van der Waals surface area contributed by atoms with Gasteiger partial charge in [-0.25, -0.2) is 4.39 Å². The molecule has 1 aliphatic carbocycles. The molecule has 3 N–H and O–H groups in total. The quantitative estimate of drug-likeness (QED) is 0.849. The van der Waals surface area contributed by atoms with Gasteiger partial charge < -0.3 is 10.8 Å². The Bertz CT molecular complexity index is 399. The molecule has 100 valence electrons. The van der Waals surface area contributed by atoms with E-state index in [2.05, 4.69) is 0 Å². The normalized spacial score (nSPS) is 29.3. The summed E-state index contributed by atoms with van der Waals surface area (Å²) >= 11 is 0. The summed E-state index contributed by atoms with van der Waals surface area (Å²) in [5, 5.41) is 9.70. The van der Waals surface area contributed by atoms with Gasteiger partial charge in [0.15, 0.2) is 0 Å². The lowest BCUT2D eigenvalue weighted by Gasteiger charge is -2.48. The summed E-state index contributed by atoms with van der Waals surface area (Å²) in [7, 11) is 0. The van der Waals surface area contributed by atoms with Crippen molar-refractivity contribution in [2.75, 3.05) is 0 Å². The Morgan fingerprint density at radius 2 is 1.72 bits per heavy atom. The van der Waals surface area contributed by atoms with Crippen LogP contribution in [0.2, 0.25) is 0 Å². The molecule has 0 amide bonds. The number of rotatable bonds is 2. The molecule has 1 aliphatic rings. The van der Waals surface area contributed by atoms with E-state index in [0.29, 0.717) is 0 Å². The van der Waals surface area contributed by atoms with Crippen LogP contribution in [0, 0.1) is 5.82 Å². The molecule has 0 aliphatic heterocycles. The van der Waals surface area contributed by atoms with Crippen molar-refractivity contribution in [2.24, 2.45) is 5.73 Å². The fraction of sp³-hybridized carbons (Fsp3) is 0.600. The Kier molecular flexibility index (Phi) is 3.47. The zero-order valence-electron chi connectivity index (χ0n) is 11.1. The zero-order valence-corrected chi connectivity index (χ0v) is 11.1. The molecule has 0 atom stereocenters. The lowest BCUT2D eigenvalue weighted by molar-refractivity contribution is 0.0690. The summed E-state index contributed by atoms with van der Waals surface area (Å²) in [4.78, 5) is 0. The van der Waals surface area contributed by atoms with Gasteiger partial charge in [0, 0.05) is 11.0 Å². The van der Waals surface area contributed by atoms with E-state index < -0.39 is 0 Å². The Labute approximate surface area is 108 Å². The van der Waals surface area contributed by atoms with E-state index in [4.69, 9.17) is 5.73 Å². The summed E-state index contributed by atoms with van der Waals surface area (Å²) in [5.74, 6) is -0.223. The highest BCUT2D eigenvalue weighted by Gasteiger charge is 2.45. The van der Waals surface area contributed by atoms with Gasteiger partial charge in [-0.3, -0.25) is 0 Å². The van der Waals surface area contributed by atoms with Crippen molar-refractivity contribution < 1.29 is 9.50 Å². The van der Waals surface area contributed by atoms with Crippen LogP contribution < -0.4 is 5.73 Å². The van der Waals surface area contributed by atoms with Crippen molar-refractivity contribution in [3.05, 3.63) is 35.6 Å². The first-order chi connectivity index (χ1) is 8.35. The number of hydrogen-bond acceptors (Lipinski definition) is 2. The van der Waals surface area contributed by atoms with Gasteiger partial charge in [0.05, 0.1) is 6.10 Å². The van der Waals surface area contributed by atoms with Gasteiger partial charge in [-0.1, -0.05) is 12.1 Å². The van der Waals surface area contributed by atoms with Crippen molar-refractivity contribution in [1.29, 1.82) is 0 Å². The highest BCUT2D eigenvalue weighted by molar-refractivity contribution is 5.31. The topological polar surface area (TPSA) is 46.2 Å². The highest BCUT2D eigenvalue weighted by Crippen LogP contribution is 2.46. The molecule has 1 aromatic rings. The molecule has 1 fully saturated rings. The van der Waals surface area contributed by atoms with Gasteiger partial charge in [0.1, 0.15) is 5.82 Å². The Hall–Kier alpha value is -0.930. The largest absolute Gasteiger partial charge is 0.393 e. The predicted octanol–water partition coefficient (Wildman–Crippen LogP) is 2.74. The lowest BCUT2D eigenvalue weighted by atomic mass is 9.59. The molecule has 2 rings (SSSR count). The van der Waals surface area contributed by atoms with E-state index in [1.165, 1.54) is 12.1 Å². The second kappa shape index (κ2) is 4.63. The maximum Gasteiger partial charge on any atom is 0.123 e. The van der Waals surface area contributed by atoms with E-state index in [1.54, 1.807) is 0 Å². The van der Waals surface area contributed by atoms with E-state index >= 15 is 0 Å². The molecule has 3 heteroatoms. The number of benzene rings is 1. The second-order valence-electron chi connectivity index (χ2n) is 6.04. The van der Waals surface area contributed by atoms with Crippen molar-refractivity contribution in [3.63, 3.8) is 0 Å². The van der Waals surface area contributed by atoms with Crippen LogP contribution in [0.4, 0.5) is 4.39 Å². The molecule has 1 saturated carbocycles. The Morgan fingerprint density at radius 3 is 2.17 bits per heavy atom. The molecule has 0 saturated heterocycles. The molecular weight excluding hydrogens is 229 g/mol. The summed E-state index contributed by atoms with van der Waals surface area (Å²) in [5.41, 5.74) is 6.92. The molecule has 0 radical (unpaired) electrons. The second-order valence-corrected chi connectivity index (χ2v) is 6.04. The third-order valence-electron chi connectivity index (χ3n) is 4.44. The van der Waals surface area contributed by atoms with Gasteiger partial charge in [-0.15, -0.1) is 0 Å². The third kappa shape index (κ3) is 2.29. The van der Waals surface area contributed by atoms with Crippen LogP contribution in [0.25, 0.3) is 0 Å². The van der Waals surface area contributed by atoms with Gasteiger partial charge in [-0.2, -0.15) is 0 Å². The van der Waals surface area contributed by atoms with E-state index in [9.17, 15) is 9.50 Å². The molecule has 0 heterocycles. The van der Waals surface area contributed by atoms with E-state index in [-0.39, 0.29) is 22.9 Å².